The van der Waals surface area contributed by atoms with Gasteiger partial charge in [0, 0.05) is 17.1 Å². The topological polar surface area (TPSA) is 189 Å². The third-order valence-corrected chi connectivity index (χ3v) is 12.4. The lowest BCUT2D eigenvalue weighted by Gasteiger charge is -2.07. The van der Waals surface area contributed by atoms with Crippen LogP contribution in [0.3, 0.4) is 0 Å². The Morgan fingerprint density at radius 2 is 0.779 bits per heavy atom. The molecule has 68 heavy (non-hydrogen) atoms. The molecule has 3 aromatic rings. The van der Waals surface area contributed by atoms with Crippen molar-refractivity contribution in [1.82, 2.24) is 15.0 Å². The second-order valence-electron chi connectivity index (χ2n) is 18.4. The van der Waals surface area contributed by atoms with E-state index in [0.29, 0.717) is 16.4 Å². The minimum absolute atomic E-state index is 0.207. The number of carbonyl (C=O) groups is 3. The Morgan fingerprint density at radius 3 is 1.06 bits per heavy atom. The summed E-state index contributed by atoms with van der Waals surface area (Å²) in [7, 11) is 0. The highest BCUT2D eigenvalue weighted by atomic mass is 35.5. The summed E-state index contributed by atoms with van der Waals surface area (Å²) >= 11 is 6.08. The first-order valence-corrected chi connectivity index (χ1v) is 26.8. The van der Waals surface area contributed by atoms with Crippen molar-refractivity contribution in [3.8, 4) is 0 Å². The SMILES string of the molecule is CCCCCCCCCCCCCc1cc(F)c(C(=O)O)[nH]1.CCCCCCCCCCCCc1cc(Cl)c(C(=O)OCC(O)CO)[nH]1.CCCCCCCCCCCc1cc(F)c(C(=O)O)[nH]1. The fourth-order valence-electron chi connectivity index (χ4n) is 8.01. The van der Waals surface area contributed by atoms with E-state index in [9.17, 15) is 28.3 Å². The number of nitrogens with one attached hydrogen (secondary N) is 3. The highest BCUT2D eigenvalue weighted by Crippen LogP contribution is 2.21. The molecule has 0 bridgehead atoms. The summed E-state index contributed by atoms with van der Waals surface area (Å²) in [6.45, 7) is 6.00. The molecule has 1 unspecified atom stereocenters. The van der Waals surface area contributed by atoms with Gasteiger partial charge in [-0.1, -0.05) is 206 Å². The Bertz CT molecular complexity index is 1730. The zero-order chi connectivity index (χ0) is 50.2. The van der Waals surface area contributed by atoms with Crippen LogP contribution in [0.15, 0.2) is 18.2 Å². The standard InChI is InChI=1S/C20H34ClNO4.C18H30FNO2.C16H26FNO2/c1-2-3-4-5-6-7-8-9-10-11-12-16-13-18(21)19(22-16)20(25)26-15-17(24)14-23;1-2-3-4-5-6-7-8-9-10-11-12-13-15-14-16(19)17(20-15)18(21)22;1-2-3-4-5-6-7-8-9-10-11-13-12-14(17)15(18-13)16(19)20/h13,17,22-24H,2-12,14-15H2,1H3;14,20H,2-13H2,1H3,(H,21,22);12,18H,2-11H2,1H3,(H,19,20). The number of carboxylic acid groups (broad SMARTS) is 2. The number of aromatic nitrogens is 3. The molecule has 390 valence electrons. The van der Waals surface area contributed by atoms with Gasteiger partial charge >= 0.3 is 17.9 Å². The average Bonchev–Trinajstić information content (AvgIpc) is 4.02. The number of halogens is 3. The summed E-state index contributed by atoms with van der Waals surface area (Å²) in [5.74, 6) is -4.41. The molecule has 0 radical (unpaired) electrons. The highest BCUT2D eigenvalue weighted by Gasteiger charge is 2.18. The van der Waals surface area contributed by atoms with E-state index in [-0.39, 0.29) is 23.7 Å². The Kier molecular flexibility index (Phi) is 37.7. The van der Waals surface area contributed by atoms with Crippen LogP contribution in [0, 0.1) is 11.6 Å². The summed E-state index contributed by atoms with van der Waals surface area (Å²) in [5, 5.41) is 35.8. The van der Waals surface area contributed by atoms with Crippen molar-refractivity contribution in [2.45, 2.75) is 239 Å². The van der Waals surface area contributed by atoms with Crippen LogP contribution < -0.4 is 0 Å². The largest absolute Gasteiger partial charge is 0.476 e. The van der Waals surface area contributed by atoms with E-state index in [1.54, 1.807) is 6.07 Å². The summed E-state index contributed by atoms with van der Waals surface area (Å²) in [6.07, 6.45) is 39.3. The Morgan fingerprint density at radius 1 is 0.500 bits per heavy atom. The molecule has 0 saturated heterocycles. The van der Waals surface area contributed by atoms with Crippen LogP contribution in [0.4, 0.5) is 8.78 Å². The van der Waals surface area contributed by atoms with E-state index in [4.69, 9.17) is 31.7 Å². The molecular weight excluding hydrogens is 892 g/mol. The number of aromatic amines is 3. The van der Waals surface area contributed by atoms with Gasteiger partial charge < -0.3 is 40.1 Å². The monoisotopic (exact) mass is 982 g/mol. The lowest BCUT2D eigenvalue weighted by molar-refractivity contribution is 0.00892. The normalized spacial score (nSPS) is 11.5. The van der Waals surface area contributed by atoms with Gasteiger partial charge in [0.15, 0.2) is 23.0 Å². The number of aliphatic hydroxyl groups is 2. The molecule has 0 aliphatic rings. The van der Waals surface area contributed by atoms with Crippen LogP contribution in [0.25, 0.3) is 0 Å². The lowest BCUT2D eigenvalue weighted by Crippen LogP contribution is -2.22. The molecule has 0 spiro atoms. The Labute approximate surface area is 412 Å². The number of hydrogen-bond donors (Lipinski definition) is 7. The van der Waals surface area contributed by atoms with E-state index in [1.165, 1.54) is 173 Å². The molecule has 3 rings (SSSR count). The van der Waals surface area contributed by atoms with Crippen LogP contribution in [0.5, 0.6) is 0 Å². The van der Waals surface area contributed by atoms with Gasteiger partial charge in [-0.2, -0.15) is 0 Å². The predicted octanol–water partition coefficient (Wildman–Crippen LogP) is 15.3. The van der Waals surface area contributed by atoms with Crippen LogP contribution in [-0.4, -0.2) is 72.6 Å². The quantitative estimate of drug-likeness (QED) is 0.0217. The molecule has 0 amide bonds. The molecule has 3 heterocycles. The third kappa shape index (κ3) is 30.7. The summed E-state index contributed by atoms with van der Waals surface area (Å²) in [5.41, 5.74) is 1.85. The number of aromatic carboxylic acids is 2. The molecule has 0 aromatic carbocycles. The Balaban J connectivity index is 0.000000515. The fraction of sp³-hybridized carbons (Fsp3) is 0.722. The first-order chi connectivity index (χ1) is 32.9. The number of rotatable bonds is 39. The zero-order valence-electron chi connectivity index (χ0n) is 42.1. The number of carboxylic acids is 2. The molecule has 1 atom stereocenters. The van der Waals surface area contributed by atoms with Crippen molar-refractivity contribution in [3.63, 3.8) is 0 Å². The van der Waals surface area contributed by atoms with E-state index >= 15 is 0 Å². The molecule has 0 saturated carbocycles. The van der Waals surface area contributed by atoms with E-state index < -0.39 is 42.3 Å². The molecule has 11 nitrogen and oxygen atoms in total. The van der Waals surface area contributed by atoms with Crippen LogP contribution in [-0.2, 0) is 24.0 Å². The number of esters is 1. The van der Waals surface area contributed by atoms with Gasteiger partial charge in [0.05, 0.1) is 11.6 Å². The molecule has 0 fully saturated rings. The van der Waals surface area contributed by atoms with Gasteiger partial charge in [-0.3, -0.25) is 0 Å². The van der Waals surface area contributed by atoms with Crippen molar-refractivity contribution in [2.75, 3.05) is 13.2 Å². The first kappa shape index (κ1) is 62.3. The maximum atomic E-state index is 13.3. The summed E-state index contributed by atoms with van der Waals surface area (Å²) in [4.78, 5) is 41.6. The molecule has 7 N–H and O–H groups in total. The lowest BCUT2D eigenvalue weighted by atomic mass is 10.0. The molecule has 14 heteroatoms. The van der Waals surface area contributed by atoms with Gasteiger partial charge in [-0.15, -0.1) is 0 Å². The number of H-pyrrole nitrogens is 3. The number of aliphatic hydroxyl groups excluding tert-OH is 2. The summed E-state index contributed by atoms with van der Waals surface area (Å²) in [6, 6.07) is 4.36. The maximum absolute atomic E-state index is 13.3. The van der Waals surface area contributed by atoms with Gasteiger partial charge in [0.1, 0.15) is 18.4 Å². The molecular formula is C54H90ClF2N3O8. The number of aryl methyl sites for hydroxylation is 3. The molecule has 0 aliphatic carbocycles. The number of ether oxygens (including phenoxy) is 1. The smallest absolute Gasteiger partial charge is 0.356 e. The average molecular weight is 983 g/mol. The van der Waals surface area contributed by atoms with Crippen LogP contribution in [0.1, 0.15) is 262 Å². The van der Waals surface area contributed by atoms with Gasteiger partial charge in [-0.05, 0) is 56.7 Å². The van der Waals surface area contributed by atoms with Crippen LogP contribution >= 0.6 is 11.6 Å². The van der Waals surface area contributed by atoms with E-state index in [0.717, 1.165) is 57.1 Å². The minimum atomic E-state index is -1.24. The third-order valence-electron chi connectivity index (χ3n) is 12.1. The fourth-order valence-corrected chi connectivity index (χ4v) is 8.27. The Hall–Kier alpha value is -3.68. The molecule has 3 aromatic heterocycles. The molecule has 0 aliphatic heterocycles. The van der Waals surface area contributed by atoms with Gasteiger partial charge in [-0.25, -0.2) is 23.2 Å². The van der Waals surface area contributed by atoms with E-state index in [1.807, 2.05) is 0 Å². The zero-order valence-corrected chi connectivity index (χ0v) is 42.9. The number of unbranched alkanes of at least 4 members (excludes halogenated alkanes) is 27. The second-order valence-corrected chi connectivity index (χ2v) is 18.8. The van der Waals surface area contributed by atoms with Crippen molar-refractivity contribution < 1.29 is 48.3 Å². The van der Waals surface area contributed by atoms with Crippen molar-refractivity contribution in [2.24, 2.45) is 0 Å². The first-order valence-electron chi connectivity index (χ1n) is 26.4. The van der Waals surface area contributed by atoms with Crippen molar-refractivity contribution >= 4 is 29.5 Å². The second kappa shape index (κ2) is 41.1. The number of carbonyl (C=O) groups excluding carboxylic acids is 1. The maximum Gasteiger partial charge on any atom is 0.356 e. The van der Waals surface area contributed by atoms with E-state index in [2.05, 4.69) is 35.7 Å². The van der Waals surface area contributed by atoms with Crippen molar-refractivity contribution in [3.05, 3.63) is 69.0 Å². The van der Waals surface area contributed by atoms with Gasteiger partial charge in [0.25, 0.3) is 0 Å². The van der Waals surface area contributed by atoms with Crippen LogP contribution in [0.2, 0.25) is 5.02 Å². The number of hydrogen-bond acceptors (Lipinski definition) is 6. The summed E-state index contributed by atoms with van der Waals surface area (Å²) < 4.78 is 31.4. The van der Waals surface area contributed by atoms with Crippen molar-refractivity contribution in [1.29, 1.82) is 0 Å². The van der Waals surface area contributed by atoms with Gasteiger partial charge in [0.2, 0.25) is 0 Å². The highest BCUT2D eigenvalue weighted by molar-refractivity contribution is 6.33. The minimum Gasteiger partial charge on any atom is -0.476 e. The predicted molar refractivity (Wildman–Crippen MR) is 271 cm³/mol.